The van der Waals surface area contributed by atoms with E-state index in [0.717, 1.165) is 5.56 Å². The molecule has 0 fully saturated rings. The normalized spacial score (nSPS) is 19.3. The van der Waals surface area contributed by atoms with E-state index >= 15 is 0 Å². The van der Waals surface area contributed by atoms with Crippen molar-refractivity contribution in [3.05, 3.63) is 76.9 Å². The van der Waals surface area contributed by atoms with Crippen LogP contribution in [0.5, 0.6) is 0 Å². The molecule has 22 heavy (non-hydrogen) atoms. The van der Waals surface area contributed by atoms with Crippen molar-refractivity contribution in [2.45, 2.75) is 17.9 Å². The van der Waals surface area contributed by atoms with Crippen LogP contribution in [0.25, 0.3) is 0 Å². The molecule has 0 saturated carbocycles. The second kappa shape index (κ2) is 5.59. The number of hydrogen-bond donors (Lipinski definition) is 0. The van der Waals surface area contributed by atoms with Crippen LogP contribution in [0.1, 0.15) is 18.5 Å². The molecule has 1 aliphatic rings. The monoisotopic (exact) mass is 315 g/mol. The number of likely N-dealkylation sites (N-methyl/N-ethyl adjacent to an activating group) is 1. The van der Waals surface area contributed by atoms with Gasteiger partial charge in [-0.15, -0.1) is 5.06 Å². The van der Waals surface area contributed by atoms with Crippen molar-refractivity contribution in [2.75, 3.05) is 7.05 Å². The SMILES string of the molecule is CC1=C(S(=O)(=O)c2ccccc2)[C@H](c2ccccc2)N(C)O1. The van der Waals surface area contributed by atoms with E-state index in [2.05, 4.69) is 0 Å². The van der Waals surface area contributed by atoms with E-state index in [1.54, 1.807) is 49.4 Å². The fourth-order valence-corrected chi connectivity index (χ4v) is 4.49. The Balaban J connectivity index is 2.13. The molecule has 0 unspecified atom stereocenters. The smallest absolute Gasteiger partial charge is 0.208 e. The van der Waals surface area contributed by atoms with Gasteiger partial charge >= 0.3 is 0 Å². The minimum Gasteiger partial charge on any atom is -0.409 e. The maximum absolute atomic E-state index is 13.0. The van der Waals surface area contributed by atoms with Crippen LogP contribution >= 0.6 is 0 Å². The first kappa shape index (κ1) is 14.8. The number of hydroxylamine groups is 2. The fraction of sp³-hybridized carbons (Fsp3) is 0.176. The Morgan fingerprint density at radius 3 is 2.09 bits per heavy atom. The predicted molar refractivity (Wildman–Crippen MR) is 84.4 cm³/mol. The molecule has 114 valence electrons. The summed E-state index contributed by atoms with van der Waals surface area (Å²) >= 11 is 0. The summed E-state index contributed by atoms with van der Waals surface area (Å²) in [4.78, 5) is 6.16. The molecule has 0 amide bonds. The molecule has 0 N–H and O–H groups in total. The van der Waals surface area contributed by atoms with Gasteiger partial charge in [0.2, 0.25) is 9.84 Å². The third kappa shape index (κ3) is 2.42. The summed E-state index contributed by atoms with van der Waals surface area (Å²) in [5.41, 5.74) is 0.886. The van der Waals surface area contributed by atoms with Crippen LogP contribution in [0.4, 0.5) is 0 Å². The minimum absolute atomic E-state index is 0.282. The standard InChI is InChI=1S/C17H17NO3S/c1-13-17(22(19,20)15-11-7-4-8-12-15)16(18(2)21-13)14-9-5-3-6-10-14/h3-12,16H,1-2H3/t16-/m0/s1. The van der Waals surface area contributed by atoms with E-state index in [4.69, 9.17) is 4.84 Å². The lowest BCUT2D eigenvalue weighted by molar-refractivity contribution is -0.0943. The molecule has 2 aromatic rings. The Labute approximate surface area is 130 Å². The van der Waals surface area contributed by atoms with Gasteiger partial charge in [-0.25, -0.2) is 8.42 Å². The van der Waals surface area contributed by atoms with Crippen molar-refractivity contribution in [3.8, 4) is 0 Å². The van der Waals surface area contributed by atoms with E-state index in [1.165, 1.54) is 0 Å². The van der Waals surface area contributed by atoms with Crippen LogP contribution in [0.3, 0.4) is 0 Å². The second-order valence-corrected chi connectivity index (χ2v) is 7.11. The summed E-state index contributed by atoms with van der Waals surface area (Å²) < 4.78 is 26.0. The van der Waals surface area contributed by atoms with Crippen LogP contribution in [0.15, 0.2) is 76.2 Å². The van der Waals surface area contributed by atoms with Crippen LogP contribution in [-0.4, -0.2) is 20.5 Å². The molecule has 2 aromatic carbocycles. The first-order valence-corrected chi connectivity index (χ1v) is 8.47. The lowest BCUT2D eigenvalue weighted by atomic mass is 10.1. The molecule has 5 heteroatoms. The molecule has 0 aromatic heterocycles. The van der Waals surface area contributed by atoms with Crippen molar-refractivity contribution >= 4 is 9.84 Å². The summed E-state index contributed by atoms with van der Waals surface area (Å²) in [7, 11) is -1.86. The van der Waals surface area contributed by atoms with Crippen molar-refractivity contribution < 1.29 is 13.3 Å². The van der Waals surface area contributed by atoms with Gasteiger partial charge < -0.3 is 4.84 Å². The van der Waals surface area contributed by atoms with Crippen molar-refractivity contribution in [3.63, 3.8) is 0 Å². The maximum atomic E-state index is 13.0. The average Bonchev–Trinajstić information content (AvgIpc) is 2.84. The molecule has 0 spiro atoms. The highest BCUT2D eigenvalue weighted by atomic mass is 32.2. The maximum Gasteiger partial charge on any atom is 0.208 e. The lowest BCUT2D eigenvalue weighted by Crippen LogP contribution is -2.22. The van der Waals surface area contributed by atoms with E-state index in [9.17, 15) is 8.42 Å². The highest BCUT2D eigenvalue weighted by Gasteiger charge is 2.40. The van der Waals surface area contributed by atoms with Gasteiger partial charge in [0, 0.05) is 7.05 Å². The topological polar surface area (TPSA) is 46.6 Å². The van der Waals surface area contributed by atoms with E-state index in [-0.39, 0.29) is 4.90 Å². The van der Waals surface area contributed by atoms with E-state index < -0.39 is 15.9 Å². The number of rotatable bonds is 3. The van der Waals surface area contributed by atoms with Gasteiger partial charge in [0.1, 0.15) is 16.7 Å². The molecule has 1 aliphatic heterocycles. The molecule has 0 bridgehead atoms. The molecule has 4 nitrogen and oxygen atoms in total. The molecule has 3 rings (SSSR count). The van der Waals surface area contributed by atoms with Gasteiger partial charge in [-0.05, 0) is 24.6 Å². The van der Waals surface area contributed by atoms with Gasteiger partial charge in [0.05, 0.1) is 4.90 Å². The minimum atomic E-state index is -3.61. The van der Waals surface area contributed by atoms with Gasteiger partial charge in [-0.2, -0.15) is 0 Å². The van der Waals surface area contributed by atoms with Crippen LogP contribution in [-0.2, 0) is 14.7 Å². The Morgan fingerprint density at radius 2 is 1.50 bits per heavy atom. The second-order valence-electron chi connectivity index (χ2n) is 5.19. The van der Waals surface area contributed by atoms with Gasteiger partial charge in [0.25, 0.3) is 0 Å². The van der Waals surface area contributed by atoms with Gasteiger partial charge in [-0.1, -0.05) is 48.5 Å². The van der Waals surface area contributed by atoms with Crippen LogP contribution in [0.2, 0.25) is 0 Å². The van der Waals surface area contributed by atoms with Gasteiger partial charge in [0.15, 0.2) is 0 Å². The van der Waals surface area contributed by atoms with Crippen molar-refractivity contribution in [2.24, 2.45) is 0 Å². The molecule has 0 saturated heterocycles. The Bertz CT molecular complexity index is 798. The Hall–Kier alpha value is -2.11. The number of benzene rings is 2. The van der Waals surface area contributed by atoms with Crippen molar-refractivity contribution in [1.82, 2.24) is 5.06 Å². The summed E-state index contributed by atoms with van der Waals surface area (Å²) in [5.74, 6) is 0.417. The number of nitrogens with zero attached hydrogens (tertiary/aromatic N) is 1. The lowest BCUT2D eigenvalue weighted by Gasteiger charge is -2.20. The Morgan fingerprint density at radius 1 is 0.955 bits per heavy atom. The highest BCUT2D eigenvalue weighted by molar-refractivity contribution is 7.95. The number of allylic oxidation sites excluding steroid dienone is 1. The van der Waals surface area contributed by atoms with Crippen LogP contribution < -0.4 is 0 Å². The summed E-state index contributed by atoms with van der Waals surface area (Å²) in [6, 6.07) is 17.5. The molecule has 1 heterocycles. The largest absolute Gasteiger partial charge is 0.409 e. The molecule has 1 atom stereocenters. The first-order chi connectivity index (χ1) is 10.5. The fourth-order valence-electron chi connectivity index (χ4n) is 2.73. The summed E-state index contributed by atoms with van der Waals surface area (Å²) in [5, 5.41) is 1.58. The van der Waals surface area contributed by atoms with Crippen LogP contribution in [0, 0.1) is 0 Å². The third-order valence-electron chi connectivity index (χ3n) is 3.70. The zero-order chi connectivity index (χ0) is 15.7. The van der Waals surface area contributed by atoms with E-state index in [1.807, 2.05) is 30.3 Å². The summed E-state index contributed by atoms with van der Waals surface area (Å²) in [6.45, 7) is 1.69. The summed E-state index contributed by atoms with van der Waals surface area (Å²) in [6.07, 6.45) is 0. The quantitative estimate of drug-likeness (QED) is 0.872. The molecular formula is C17H17NO3S. The molecule has 0 aliphatic carbocycles. The first-order valence-electron chi connectivity index (χ1n) is 6.98. The average molecular weight is 315 g/mol. The molecule has 0 radical (unpaired) electrons. The zero-order valence-electron chi connectivity index (χ0n) is 12.4. The zero-order valence-corrected chi connectivity index (χ0v) is 13.2. The third-order valence-corrected chi connectivity index (χ3v) is 5.68. The predicted octanol–water partition coefficient (Wildman–Crippen LogP) is 3.31. The molecular weight excluding hydrogens is 298 g/mol. The number of hydrogen-bond acceptors (Lipinski definition) is 4. The van der Waals surface area contributed by atoms with Crippen molar-refractivity contribution in [1.29, 1.82) is 0 Å². The number of sulfone groups is 1. The highest BCUT2D eigenvalue weighted by Crippen LogP contribution is 2.41. The van der Waals surface area contributed by atoms with E-state index in [0.29, 0.717) is 10.7 Å². The Kier molecular flexibility index (Phi) is 3.76. The van der Waals surface area contributed by atoms with Gasteiger partial charge in [-0.3, -0.25) is 0 Å².